The van der Waals surface area contributed by atoms with Crippen LogP contribution in [0.4, 0.5) is 11.5 Å². The number of benzene rings is 2. The number of carbonyl (C=O) groups is 1. The number of hydrogen-bond acceptors (Lipinski definition) is 5. The minimum atomic E-state index is -1.08. The Kier molecular flexibility index (Phi) is 4.51. The van der Waals surface area contributed by atoms with E-state index in [-0.39, 0.29) is 10.6 Å². The summed E-state index contributed by atoms with van der Waals surface area (Å²) in [5, 5.41) is 13.6. The van der Waals surface area contributed by atoms with Gasteiger partial charge in [-0.25, -0.2) is 14.8 Å². The number of carboxylic acid groups (broad SMARTS) is 1. The first-order valence-corrected chi connectivity index (χ1v) is 9.33. The van der Waals surface area contributed by atoms with Gasteiger partial charge in [0.25, 0.3) is 0 Å². The van der Waals surface area contributed by atoms with E-state index >= 15 is 0 Å². The number of hydrogen-bond donors (Lipinski definition) is 2. The minimum absolute atomic E-state index is 0.0387. The molecule has 0 spiro atoms. The lowest BCUT2D eigenvalue weighted by molar-refractivity contribution is 0.0697. The number of rotatable bonds is 4. The van der Waals surface area contributed by atoms with Crippen LogP contribution in [0.2, 0.25) is 5.02 Å². The zero-order chi connectivity index (χ0) is 19.0. The number of fused-ring (bicyclic) bond motifs is 1. The van der Waals surface area contributed by atoms with E-state index in [0.29, 0.717) is 11.5 Å². The summed E-state index contributed by atoms with van der Waals surface area (Å²) in [6.45, 7) is 2.06. The van der Waals surface area contributed by atoms with Crippen molar-refractivity contribution in [3.05, 3.63) is 70.3 Å². The number of anilines is 2. The molecule has 2 N–H and O–H groups in total. The Balaban J connectivity index is 1.86. The first-order valence-electron chi connectivity index (χ1n) is 8.14. The zero-order valence-electron chi connectivity index (χ0n) is 14.2. The molecule has 0 fully saturated rings. The monoisotopic (exact) mass is 395 g/mol. The molecule has 4 rings (SSSR count). The van der Waals surface area contributed by atoms with E-state index < -0.39 is 5.97 Å². The van der Waals surface area contributed by atoms with Crippen LogP contribution in [0, 0.1) is 6.92 Å². The van der Waals surface area contributed by atoms with Gasteiger partial charge >= 0.3 is 5.97 Å². The van der Waals surface area contributed by atoms with Crippen LogP contribution in [0.1, 0.15) is 15.2 Å². The second-order valence-corrected chi connectivity index (χ2v) is 7.54. The molecular weight excluding hydrogens is 382 g/mol. The molecule has 4 aromatic rings. The molecule has 0 amide bonds. The van der Waals surface area contributed by atoms with E-state index in [1.54, 1.807) is 23.5 Å². The molecule has 2 heterocycles. The van der Waals surface area contributed by atoms with Crippen LogP contribution >= 0.6 is 22.9 Å². The third kappa shape index (κ3) is 3.25. The van der Waals surface area contributed by atoms with Crippen molar-refractivity contribution < 1.29 is 9.90 Å². The lowest BCUT2D eigenvalue weighted by Crippen LogP contribution is -2.00. The number of carboxylic acids is 1. The maximum absolute atomic E-state index is 11.3. The van der Waals surface area contributed by atoms with Crippen molar-refractivity contribution >= 4 is 50.6 Å². The Morgan fingerprint density at radius 1 is 1.15 bits per heavy atom. The third-order valence-electron chi connectivity index (χ3n) is 4.19. The van der Waals surface area contributed by atoms with E-state index in [9.17, 15) is 9.90 Å². The standard InChI is InChI=1S/C20H14ClN3O2S/c1-11-16(12-5-3-2-4-6-12)17-18(22-10-23-19(17)27-11)24-13-7-8-15(21)14(9-13)20(25)26/h2-10H,1H3,(H,25,26)(H,22,23,24). The zero-order valence-corrected chi connectivity index (χ0v) is 15.8. The maximum Gasteiger partial charge on any atom is 0.337 e. The van der Waals surface area contributed by atoms with Crippen molar-refractivity contribution in [2.24, 2.45) is 0 Å². The molecule has 134 valence electrons. The van der Waals surface area contributed by atoms with Gasteiger partial charge in [0.15, 0.2) is 0 Å². The second kappa shape index (κ2) is 6.98. The van der Waals surface area contributed by atoms with E-state index in [0.717, 1.165) is 26.2 Å². The molecule has 0 radical (unpaired) electrons. The van der Waals surface area contributed by atoms with Crippen LogP contribution in [0.5, 0.6) is 0 Å². The molecule has 0 saturated carbocycles. The van der Waals surface area contributed by atoms with Crippen LogP contribution in [0.25, 0.3) is 21.3 Å². The number of nitrogens with one attached hydrogen (secondary N) is 1. The minimum Gasteiger partial charge on any atom is -0.478 e. The molecule has 2 aromatic heterocycles. The highest BCUT2D eigenvalue weighted by Crippen LogP contribution is 2.41. The van der Waals surface area contributed by atoms with E-state index in [2.05, 4.69) is 34.3 Å². The number of aromatic nitrogens is 2. The van der Waals surface area contributed by atoms with Gasteiger partial charge in [0, 0.05) is 16.1 Å². The van der Waals surface area contributed by atoms with Crippen LogP contribution in [0.3, 0.4) is 0 Å². The number of aryl methyl sites for hydroxylation is 1. The molecule has 27 heavy (non-hydrogen) atoms. The number of halogens is 1. The fraction of sp³-hybridized carbons (Fsp3) is 0.0500. The van der Waals surface area contributed by atoms with Crippen LogP contribution in [0.15, 0.2) is 54.9 Å². The van der Waals surface area contributed by atoms with Gasteiger partial charge in [-0.1, -0.05) is 41.9 Å². The third-order valence-corrected chi connectivity index (χ3v) is 5.53. The van der Waals surface area contributed by atoms with Crippen molar-refractivity contribution in [2.45, 2.75) is 6.92 Å². The molecule has 7 heteroatoms. The summed E-state index contributed by atoms with van der Waals surface area (Å²) in [6, 6.07) is 14.9. The van der Waals surface area contributed by atoms with Crippen molar-refractivity contribution in [2.75, 3.05) is 5.32 Å². The maximum atomic E-state index is 11.3. The molecule has 0 atom stereocenters. The highest BCUT2D eigenvalue weighted by atomic mass is 35.5. The van der Waals surface area contributed by atoms with Crippen molar-refractivity contribution in [1.29, 1.82) is 0 Å². The summed E-state index contributed by atoms with van der Waals surface area (Å²) in [5.74, 6) is -0.449. The predicted molar refractivity (Wildman–Crippen MR) is 109 cm³/mol. The molecule has 0 bridgehead atoms. The molecular formula is C20H14ClN3O2S. The molecule has 0 aliphatic heterocycles. The predicted octanol–water partition coefficient (Wildman–Crippen LogP) is 5.76. The molecule has 0 unspecified atom stereocenters. The van der Waals surface area contributed by atoms with Gasteiger partial charge < -0.3 is 10.4 Å². The Morgan fingerprint density at radius 3 is 2.67 bits per heavy atom. The van der Waals surface area contributed by atoms with Gasteiger partial charge in [0.2, 0.25) is 0 Å². The average Bonchev–Trinajstić information content (AvgIpc) is 3.00. The summed E-state index contributed by atoms with van der Waals surface area (Å²) >= 11 is 7.57. The largest absolute Gasteiger partial charge is 0.478 e. The van der Waals surface area contributed by atoms with Gasteiger partial charge in [0.1, 0.15) is 17.0 Å². The summed E-state index contributed by atoms with van der Waals surface area (Å²) < 4.78 is 0. The quantitative estimate of drug-likeness (QED) is 0.459. The summed E-state index contributed by atoms with van der Waals surface area (Å²) in [4.78, 5) is 22.2. The number of nitrogens with zero attached hydrogens (tertiary/aromatic N) is 2. The highest BCUT2D eigenvalue weighted by molar-refractivity contribution is 7.19. The van der Waals surface area contributed by atoms with Gasteiger partial charge in [-0.2, -0.15) is 0 Å². The van der Waals surface area contributed by atoms with E-state index in [4.69, 9.17) is 11.6 Å². The first kappa shape index (κ1) is 17.5. The Hall–Kier alpha value is -2.96. The lowest BCUT2D eigenvalue weighted by Gasteiger charge is -2.10. The summed E-state index contributed by atoms with van der Waals surface area (Å²) in [5.41, 5.74) is 2.80. The second-order valence-electron chi connectivity index (χ2n) is 5.93. The van der Waals surface area contributed by atoms with Gasteiger partial charge in [-0.3, -0.25) is 0 Å². The Bertz CT molecular complexity index is 1160. The topological polar surface area (TPSA) is 75.1 Å². The molecule has 5 nitrogen and oxygen atoms in total. The number of aromatic carboxylic acids is 1. The summed E-state index contributed by atoms with van der Waals surface area (Å²) in [6.07, 6.45) is 1.50. The number of thiophene rings is 1. The van der Waals surface area contributed by atoms with Gasteiger partial charge in [-0.05, 0) is 30.7 Å². The normalized spacial score (nSPS) is 10.9. The van der Waals surface area contributed by atoms with Crippen molar-refractivity contribution in [1.82, 2.24) is 9.97 Å². The SMILES string of the molecule is Cc1sc2ncnc(Nc3ccc(Cl)c(C(=O)O)c3)c2c1-c1ccccc1. The molecule has 0 aliphatic rings. The van der Waals surface area contributed by atoms with Crippen LogP contribution in [-0.2, 0) is 0 Å². The van der Waals surface area contributed by atoms with E-state index in [1.807, 2.05) is 18.2 Å². The van der Waals surface area contributed by atoms with Crippen molar-refractivity contribution in [3.8, 4) is 11.1 Å². The fourth-order valence-electron chi connectivity index (χ4n) is 3.00. The fourth-order valence-corrected chi connectivity index (χ4v) is 4.21. The van der Waals surface area contributed by atoms with Gasteiger partial charge in [-0.15, -0.1) is 11.3 Å². The van der Waals surface area contributed by atoms with Crippen LogP contribution in [-0.4, -0.2) is 21.0 Å². The average molecular weight is 396 g/mol. The van der Waals surface area contributed by atoms with E-state index in [1.165, 1.54) is 12.4 Å². The molecule has 2 aromatic carbocycles. The van der Waals surface area contributed by atoms with Gasteiger partial charge in [0.05, 0.1) is 16.0 Å². The smallest absolute Gasteiger partial charge is 0.337 e. The van der Waals surface area contributed by atoms with Crippen molar-refractivity contribution in [3.63, 3.8) is 0 Å². The summed E-state index contributed by atoms with van der Waals surface area (Å²) in [7, 11) is 0. The molecule has 0 aliphatic carbocycles. The molecule has 0 saturated heterocycles. The Morgan fingerprint density at radius 2 is 1.93 bits per heavy atom. The highest BCUT2D eigenvalue weighted by Gasteiger charge is 2.17. The Labute approximate surface area is 164 Å². The first-order chi connectivity index (χ1) is 13.0. The lowest BCUT2D eigenvalue weighted by atomic mass is 10.0. The van der Waals surface area contributed by atoms with Crippen LogP contribution < -0.4 is 5.32 Å².